The van der Waals surface area contributed by atoms with E-state index >= 15 is 0 Å². The molecule has 0 fully saturated rings. The Bertz CT molecular complexity index is 194. The molecule has 0 saturated heterocycles. The van der Waals surface area contributed by atoms with Gasteiger partial charge in [0.1, 0.15) is 6.61 Å². The lowest BCUT2D eigenvalue weighted by Gasteiger charge is -2.04. The molecule has 0 spiro atoms. The van der Waals surface area contributed by atoms with E-state index in [1.165, 1.54) is 0 Å². The van der Waals surface area contributed by atoms with Crippen LogP contribution in [0.15, 0.2) is 24.0 Å². The van der Waals surface area contributed by atoms with Gasteiger partial charge in [0, 0.05) is 0 Å². The van der Waals surface area contributed by atoms with Crippen LogP contribution in [-0.2, 0) is 9.53 Å². The van der Waals surface area contributed by atoms with E-state index in [0.29, 0.717) is 13.0 Å². The van der Waals surface area contributed by atoms with Crippen molar-refractivity contribution < 1.29 is 9.53 Å². The fourth-order valence-corrected chi connectivity index (χ4v) is 0.747. The highest BCUT2D eigenvalue weighted by molar-refractivity contribution is 5.77. The first kappa shape index (κ1) is 6.86. The van der Waals surface area contributed by atoms with Crippen LogP contribution in [0.5, 0.6) is 0 Å². The predicted octanol–water partition coefficient (Wildman–Crippen LogP) is 0.332. The van der Waals surface area contributed by atoms with Gasteiger partial charge < -0.3 is 10.5 Å². The summed E-state index contributed by atoms with van der Waals surface area (Å²) in [6, 6.07) is 0. The average Bonchev–Trinajstić information content (AvgIpc) is 1.88. The maximum Gasteiger partial charge on any atom is 0.221 e. The molecule has 0 aliphatic carbocycles. The van der Waals surface area contributed by atoms with Crippen molar-refractivity contribution >= 4 is 5.91 Å². The number of hydrogen-bond acceptors (Lipinski definition) is 2. The molecule has 3 heteroatoms. The van der Waals surface area contributed by atoms with Crippen molar-refractivity contribution in [2.24, 2.45) is 5.73 Å². The van der Waals surface area contributed by atoms with Crippen LogP contribution in [0.3, 0.4) is 0 Å². The van der Waals surface area contributed by atoms with Crippen LogP contribution < -0.4 is 5.73 Å². The van der Waals surface area contributed by atoms with E-state index in [0.717, 1.165) is 5.57 Å². The Kier molecular flexibility index (Phi) is 2.10. The number of rotatable bonds is 2. The van der Waals surface area contributed by atoms with E-state index in [9.17, 15) is 4.79 Å². The van der Waals surface area contributed by atoms with E-state index in [2.05, 4.69) is 0 Å². The topological polar surface area (TPSA) is 52.3 Å². The highest BCUT2D eigenvalue weighted by Crippen LogP contribution is 2.06. The number of hydrogen-bond donors (Lipinski definition) is 1. The zero-order chi connectivity index (χ0) is 7.40. The van der Waals surface area contributed by atoms with Crippen LogP contribution in [0, 0.1) is 0 Å². The van der Waals surface area contributed by atoms with Crippen LogP contribution in [0.1, 0.15) is 6.42 Å². The van der Waals surface area contributed by atoms with Gasteiger partial charge in [-0.2, -0.15) is 0 Å². The van der Waals surface area contributed by atoms with E-state index < -0.39 is 0 Å². The van der Waals surface area contributed by atoms with E-state index in [4.69, 9.17) is 10.5 Å². The molecule has 0 unspecified atom stereocenters. The van der Waals surface area contributed by atoms with E-state index in [1.807, 2.05) is 6.08 Å². The Morgan fingerprint density at radius 1 is 1.80 bits per heavy atom. The third-order valence-corrected chi connectivity index (χ3v) is 1.20. The van der Waals surface area contributed by atoms with Crippen molar-refractivity contribution in [3.8, 4) is 0 Å². The molecule has 2 N–H and O–H groups in total. The molecule has 0 aromatic heterocycles. The highest BCUT2D eigenvalue weighted by Gasteiger charge is 2.00. The van der Waals surface area contributed by atoms with E-state index in [-0.39, 0.29) is 5.91 Å². The van der Waals surface area contributed by atoms with Gasteiger partial charge in [-0.25, -0.2) is 0 Å². The van der Waals surface area contributed by atoms with Gasteiger partial charge in [0.25, 0.3) is 0 Å². The fourth-order valence-electron chi connectivity index (χ4n) is 0.747. The molecule has 0 aromatic rings. The Morgan fingerprint density at radius 3 is 3.10 bits per heavy atom. The quantitative estimate of drug-likeness (QED) is 0.599. The van der Waals surface area contributed by atoms with Crippen LogP contribution >= 0.6 is 0 Å². The second-order valence-electron chi connectivity index (χ2n) is 2.06. The highest BCUT2D eigenvalue weighted by atomic mass is 16.5. The van der Waals surface area contributed by atoms with Gasteiger partial charge in [-0.1, -0.05) is 0 Å². The maximum atomic E-state index is 10.4. The molecule has 1 heterocycles. The number of carbonyl (C=O) groups excluding carboxylic acids is 1. The number of amides is 1. The lowest BCUT2D eigenvalue weighted by atomic mass is 10.1. The zero-order valence-electron chi connectivity index (χ0n) is 5.54. The standard InChI is InChI=1S/C7H9NO2/c8-7(9)5-6-1-3-10-4-2-6/h1-3H,4-5H2,(H2,8,9). The van der Waals surface area contributed by atoms with Crippen molar-refractivity contribution in [1.82, 2.24) is 0 Å². The molecular weight excluding hydrogens is 130 g/mol. The summed E-state index contributed by atoms with van der Waals surface area (Å²) in [5, 5.41) is 0. The van der Waals surface area contributed by atoms with Crippen LogP contribution in [0.4, 0.5) is 0 Å². The molecule has 1 rings (SSSR count). The summed E-state index contributed by atoms with van der Waals surface area (Å²) in [5.74, 6) is -0.308. The first-order chi connectivity index (χ1) is 4.79. The van der Waals surface area contributed by atoms with Crippen LogP contribution in [0.25, 0.3) is 0 Å². The minimum absolute atomic E-state index is 0.305. The first-order valence-electron chi connectivity index (χ1n) is 3.04. The van der Waals surface area contributed by atoms with E-state index in [1.54, 1.807) is 12.3 Å². The monoisotopic (exact) mass is 139 g/mol. The fraction of sp³-hybridized carbons (Fsp3) is 0.286. The van der Waals surface area contributed by atoms with Gasteiger partial charge in [0.15, 0.2) is 0 Å². The summed E-state index contributed by atoms with van der Waals surface area (Å²) in [5.41, 5.74) is 5.90. The lowest BCUT2D eigenvalue weighted by Crippen LogP contribution is -2.11. The third-order valence-electron chi connectivity index (χ3n) is 1.20. The molecule has 1 aliphatic rings. The second-order valence-corrected chi connectivity index (χ2v) is 2.06. The van der Waals surface area contributed by atoms with Crippen molar-refractivity contribution in [3.63, 3.8) is 0 Å². The summed E-state index contributed by atoms with van der Waals surface area (Å²) in [6.45, 7) is 0.541. The van der Waals surface area contributed by atoms with Gasteiger partial charge >= 0.3 is 0 Å². The summed E-state index contributed by atoms with van der Waals surface area (Å²) >= 11 is 0. The normalized spacial score (nSPS) is 15.8. The maximum absolute atomic E-state index is 10.4. The van der Waals surface area contributed by atoms with Gasteiger partial charge in [-0.3, -0.25) is 4.79 Å². The molecule has 3 nitrogen and oxygen atoms in total. The van der Waals surface area contributed by atoms with Crippen molar-refractivity contribution in [3.05, 3.63) is 24.0 Å². The Labute approximate surface area is 59.2 Å². The molecule has 0 atom stereocenters. The lowest BCUT2D eigenvalue weighted by molar-refractivity contribution is -0.117. The molecular formula is C7H9NO2. The number of allylic oxidation sites excluding steroid dienone is 1. The predicted molar refractivity (Wildman–Crippen MR) is 37.0 cm³/mol. The minimum atomic E-state index is -0.308. The molecule has 54 valence electrons. The Hall–Kier alpha value is -1.25. The number of primary amides is 1. The molecule has 0 saturated carbocycles. The Balaban J connectivity index is 2.48. The van der Waals surface area contributed by atoms with Crippen molar-refractivity contribution in [2.45, 2.75) is 6.42 Å². The summed E-state index contributed by atoms with van der Waals surface area (Å²) in [6.07, 6.45) is 5.46. The molecule has 0 bridgehead atoms. The molecule has 1 aliphatic heterocycles. The van der Waals surface area contributed by atoms with Gasteiger partial charge in [-0.15, -0.1) is 0 Å². The Morgan fingerprint density at radius 2 is 2.60 bits per heavy atom. The van der Waals surface area contributed by atoms with Gasteiger partial charge in [0.05, 0.1) is 12.7 Å². The van der Waals surface area contributed by atoms with Gasteiger partial charge in [0.2, 0.25) is 5.91 Å². The summed E-state index contributed by atoms with van der Waals surface area (Å²) < 4.78 is 4.87. The first-order valence-corrected chi connectivity index (χ1v) is 3.04. The van der Waals surface area contributed by atoms with Crippen LogP contribution in [-0.4, -0.2) is 12.5 Å². The summed E-state index contributed by atoms with van der Waals surface area (Å²) in [4.78, 5) is 10.4. The molecule has 10 heavy (non-hydrogen) atoms. The SMILES string of the molecule is NC(=O)CC1=CCOC=C1. The number of nitrogens with two attached hydrogens (primary N) is 1. The minimum Gasteiger partial charge on any atom is -0.497 e. The van der Waals surface area contributed by atoms with Crippen molar-refractivity contribution in [1.29, 1.82) is 0 Å². The largest absolute Gasteiger partial charge is 0.497 e. The number of ether oxygens (including phenoxy) is 1. The van der Waals surface area contributed by atoms with Crippen LogP contribution in [0.2, 0.25) is 0 Å². The zero-order valence-corrected chi connectivity index (χ0v) is 5.54. The molecule has 0 radical (unpaired) electrons. The molecule has 0 aromatic carbocycles. The van der Waals surface area contributed by atoms with Gasteiger partial charge in [-0.05, 0) is 17.7 Å². The smallest absolute Gasteiger partial charge is 0.221 e. The molecule has 1 amide bonds. The van der Waals surface area contributed by atoms with Crippen molar-refractivity contribution in [2.75, 3.05) is 6.61 Å². The second kappa shape index (κ2) is 3.06. The number of carbonyl (C=O) groups is 1. The summed E-state index contributed by atoms with van der Waals surface area (Å²) in [7, 11) is 0. The third kappa shape index (κ3) is 1.93. The average molecular weight is 139 g/mol.